The van der Waals surface area contributed by atoms with Crippen LogP contribution in [0.25, 0.3) is 10.2 Å². The quantitative estimate of drug-likeness (QED) is 0.644. The zero-order chi connectivity index (χ0) is 16.1. The van der Waals surface area contributed by atoms with E-state index in [1.807, 2.05) is 6.07 Å². The van der Waals surface area contributed by atoms with E-state index in [0.717, 1.165) is 36.3 Å². The Morgan fingerprint density at radius 3 is 2.91 bits per heavy atom. The molecule has 1 atom stereocenters. The maximum absolute atomic E-state index is 12.6. The molecule has 124 valence electrons. The van der Waals surface area contributed by atoms with Crippen molar-refractivity contribution in [2.24, 2.45) is 0 Å². The lowest BCUT2D eigenvalue weighted by Gasteiger charge is -2.23. The van der Waals surface area contributed by atoms with Crippen molar-refractivity contribution in [2.75, 3.05) is 6.54 Å². The molecule has 0 saturated carbocycles. The molecule has 1 aromatic heterocycles. The number of amides is 1. The van der Waals surface area contributed by atoms with Gasteiger partial charge in [0.1, 0.15) is 5.01 Å². The molecule has 1 fully saturated rings. The fraction of sp³-hybridized carbons (Fsp3) is 0.579. The number of fused-ring (bicyclic) bond motifs is 1. The molecular formula is C19H26N2OS. The van der Waals surface area contributed by atoms with Crippen LogP contribution in [-0.2, 0) is 4.79 Å². The number of thiazole rings is 1. The minimum absolute atomic E-state index is 0.204. The minimum atomic E-state index is 0.204. The number of carbonyl (C=O) groups excluding carboxylic acids is 1. The maximum atomic E-state index is 12.6. The van der Waals surface area contributed by atoms with Crippen molar-refractivity contribution >= 4 is 27.5 Å². The molecular weight excluding hydrogens is 304 g/mol. The lowest BCUT2D eigenvalue weighted by atomic mass is 10.1. The Morgan fingerprint density at radius 1 is 1.26 bits per heavy atom. The molecule has 0 spiro atoms. The number of para-hydroxylation sites is 1. The molecule has 1 amide bonds. The standard InChI is InChI=1S/C19H26N2OS/c1-2-3-4-5-6-13-18(22)21-14-9-11-16(21)19-20-15-10-7-8-12-17(15)23-19/h7-8,10,12,16H,2-6,9,11,13-14H2,1H3. The molecule has 0 bridgehead atoms. The van der Waals surface area contributed by atoms with Crippen LogP contribution in [0.3, 0.4) is 0 Å². The average molecular weight is 330 g/mol. The Balaban J connectivity index is 1.61. The zero-order valence-electron chi connectivity index (χ0n) is 14.0. The molecule has 1 aliphatic heterocycles. The van der Waals surface area contributed by atoms with Crippen molar-refractivity contribution in [3.8, 4) is 0 Å². The largest absolute Gasteiger partial charge is 0.333 e. The lowest BCUT2D eigenvalue weighted by Crippen LogP contribution is -2.30. The van der Waals surface area contributed by atoms with Crippen molar-refractivity contribution in [3.05, 3.63) is 29.3 Å². The zero-order valence-corrected chi connectivity index (χ0v) is 14.8. The number of hydrogen-bond donors (Lipinski definition) is 0. The Morgan fingerprint density at radius 2 is 2.09 bits per heavy atom. The molecule has 4 heteroatoms. The Hall–Kier alpha value is -1.42. The van der Waals surface area contributed by atoms with Gasteiger partial charge in [-0.3, -0.25) is 4.79 Å². The Bertz CT molecular complexity index is 619. The third-order valence-electron chi connectivity index (χ3n) is 4.66. The van der Waals surface area contributed by atoms with E-state index in [4.69, 9.17) is 4.98 Å². The summed E-state index contributed by atoms with van der Waals surface area (Å²) in [4.78, 5) is 19.4. The van der Waals surface area contributed by atoms with Gasteiger partial charge in [0.15, 0.2) is 0 Å². The summed E-state index contributed by atoms with van der Waals surface area (Å²) in [6.45, 7) is 3.12. The third-order valence-corrected chi connectivity index (χ3v) is 5.80. The normalized spacial score (nSPS) is 18.0. The van der Waals surface area contributed by atoms with E-state index in [0.29, 0.717) is 12.3 Å². The van der Waals surface area contributed by atoms with E-state index in [-0.39, 0.29) is 6.04 Å². The van der Waals surface area contributed by atoms with Crippen molar-refractivity contribution in [1.82, 2.24) is 9.88 Å². The van der Waals surface area contributed by atoms with Gasteiger partial charge in [0.05, 0.1) is 16.3 Å². The van der Waals surface area contributed by atoms with Crippen molar-refractivity contribution in [2.45, 2.75) is 64.3 Å². The van der Waals surface area contributed by atoms with Gasteiger partial charge in [-0.15, -0.1) is 11.3 Å². The van der Waals surface area contributed by atoms with Crippen molar-refractivity contribution < 1.29 is 4.79 Å². The fourth-order valence-corrected chi connectivity index (χ4v) is 4.49. The van der Waals surface area contributed by atoms with Crippen LogP contribution in [0.15, 0.2) is 24.3 Å². The smallest absolute Gasteiger partial charge is 0.223 e. The van der Waals surface area contributed by atoms with E-state index >= 15 is 0 Å². The topological polar surface area (TPSA) is 33.2 Å². The summed E-state index contributed by atoms with van der Waals surface area (Å²) < 4.78 is 1.22. The Kier molecular flexibility index (Phi) is 5.65. The Labute approximate surface area is 142 Å². The second-order valence-electron chi connectivity index (χ2n) is 6.43. The second kappa shape index (κ2) is 7.91. The van der Waals surface area contributed by atoms with E-state index < -0.39 is 0 Å². The monoisotopic (exact) mass is 330 g/mol. The van der Waals surface area contributed by atoms with Crippen LogP contribution in [0.4, 0.5) is 0 Å². The molecule has 1 unspecified atom stereocenters. The number of benzene rings is 1. The summed E-state index contributed by atoms with van der Waals surface area (Å²) in [5.41, 5.74) is 1.06. The molecule has 1 aromatic carbocycles. The van der Waals surface area contributed by atoms with Gasteiger partial charge in [-0.05, 0) is 31.4 Å². The predicted molar refractivity (Wildman–Crippen MR) is 96.7 cm³/mol. The third kappa shape index (κ3) is 3.92. The van der Waals surface area contributed by atoms with Crippen LogP contribution in [0.2, 0.25) is 0 Å². The van der Waals surface area contributed by atoms with E-state index in [1.54, 1.807) is 11.3 Å². The summed E-state index contributed by atoms with van der Waals surface area (Å²) in [7, 11) is 0. The van der Waals surface area contributed by atoms with Crippen molar-refractivity contribution in [3.63, 3.8) is 0 Å². The highest BCUT2D eigenvalue weighted by molar-refractivity contribution is 7.18. The van der Waals surface area contributed by atoms with Gasteiger partial charge in [0.2, 0.25) is 5.91 Å². The highest BCUT2D eigenvalue weighted by atomic mass is 32.1. The summed E-state index contributed by atoms with van der Waals surface area (Å²) in [6, 6.07) is 8.46. The van der Waals surface area contributed by atoms with E-state index in [2.05, 4.69) is 30.0 Å². The van der Waals surface area contributed by atoms with Crippen LogP contribution >= 0.6 is 11.3 Å². The molecule has 3 nitrogen and oxygen atoms in total. The molecule has 0 radical (unpaired) electrons. The number of unbranched alkanes of at least 4 members (excludes halogenated alkanes) is 4. The van der Waals surface area contributed by atoms with Gasteiger partial charge in [-0.1, -0.05) is 44.7 Å². The molecule has 0 N–H and O–H groups in total. The van der Waals surface area contributed by atoms with Crippen LogP contribution in [0.1, 0.15) is 69.3 Å². The van der Waals surface area contributed by atoms with Gasteiger partial charge in [-0.25, -0.2) is 4.98 Å². The average Bonchev–Trinajstić information content (AvgIpc) is 3.20. The second-order valence-corrected chi connectivity index (χ2v) is 7.49. The number of rotatable bonds is 7. The number of likely N-dealkylation sites (tertiary alicyclic amines) is 1. The van der Waals surface area contributed by atoms with Gasteiger partial charge < -0.3 is 4.90 Å². The SMILES string of the molecule is CCCCCCCC(=O)N1CCCC1c1nc2ccccc2s1. The summed E-state index contributed by atoms with van der Waals surface area (Å²) in [5.74, 6) is 0.322. The molecule has 1 aliphatic rings. The van der Waals surface area contributed by atoms with Crippen LogP contribution < -0.4 is 0 Å². The van der Waals surface area contributed by atoms with Gasteiger partial charge in [0, 0.05) is 13.0 Å². The predicted octanol–water partition coefficient (Wildman–Crippen LogP) is 5.32. The summed E-state index contributed by atoms with van der Waals surface area (Å²) in [5, 5.41) is 1.11. The van der Waals surface area contributed by atoms with Crippen LogP contribution in [0.5, 0.6) is 0 Å². The highest BCUT2D eigenvalue weighted by Gasteiger charge is 2.31. The number of carbonyl (C=O) groups is 1. The summed E-state index contributed by atoms with van der Waals surface area (Å²) >= 11 is 1.75. The molecule has 0 aliphatic carbocycles. The number of nitrogens with zero attached hydrogens (tertiary/aromatic N) is 2. The first-order chi connectivity index (χ1) is 11.3. The first-order valence-corrected chi connectivity index (χ1v) is 9.76. The molecule has 1 saturated heterocycles. The minimum Gasteiger partial charge on any atom is -0.333 e. The van der Waals surface area contributed by atoms with E-state index in [1.165, 1.54) is 30.4 Å². The van der Waals surface area contributed by atoms with Gasteiger partial charge in [-0.2, -0.15) is 0 Å². The number of aromatic nitrogens is 1. The molecule has 23 heavy (non-hydrogen) atoms. The van der Waals surface area contributed by atoms with Crippen LogP contribution in [-0.4, -0.2) is 22.3 Å². The first-order valence-electron chi connectivity index (χ1n) is 8.94. The van der Waals surface area contributed by atoms with Crippen molar-refractivity contribution in [1.29, 1.82) is 0 Å². The summed E-state index contributed by atoms with van der Waals surface area (Å²) in [6.07, 6.45) is 8.85. The lowest BCUT2D eigenvalue weighted by molar-refractivity contribution is -0.132. The highest BCUT2D eigenvalue weighted by Crippen LogP contribution is 2.36. The fourth-order valence-electron chi connectivity index (χ4n) is 3.38. The first kappa shape index (κ1) is 16.4. The van der Waals surface area contributed by atoms with Crippen LogP contribution in [0, 0.1) is 0 Å². The molecule has 2 aromatic rings. The molecule has 3 rings (SSSR count). The maximum Gasteiger partial charge on any atom is 0.223 e. The van der Waals surface area contributed by atoms with E-state index in [9.17, 15) is 4.79 Å². The number of hydrogen-bond acceptors (Lipinski definition) is 3. The molecule has 2 heterocycles. The van der Waals surface area contributed by atoms with Gasteiger partial charge in [0.25, 0.3) is 0 Å². The van der Waals surface area contributed by atoms with Gasteiger partial charge >= 0.3 is 0 Å².